The third kappa shape index (κ3) is 3.16. The SMILES string of the molecule is CN(C)CCN(C)c1nc(=S)[nH][nH]1. The summed E-state index contributed by atoms with van der Waals surface area (Å²) in [7, 11) is 6.06. The third-order valence-electron chi connectivity index (χ3n) is 1.73. The van der Waals surface area contributed by atoms with E-state index in [4.69, 9.17) is 12.2 Å². The van der Waals surface area contributed by atoms with Gasteiger partial charge in [0.2, 0.25) is 10.7 Å². The highest BCUT2D eigenvalue weighted by Gasteiger charge is 2.03. The second kappa shape index (κ2) is 4.38. The van der Waals surface area contributed by atoms with Gasteiger partial charge in [0.25, 0.3) is 0 Å². The summed E-state index contributed by atoms with van der Waals surface area (Å²) in [6.45, 7) is 1.91. The van der Waals surface area contributed by atoms with Crippen LogP contribution < -0.4 is 4.90 Å². The van der Waals surface area contributed by atoms with E-state index in [0.29, 0.717) is 4.77 Å². The summed E-state index contributed by atoms with van der Waals surface area (Å²) in [5.74, 6) is 0.784. The van der Waals surface area contributed by atoms with Crippen molar-refractivity contribution in [2.45, 2.75) is 0 Å². The lowest BCUT2D eigenvalue weighted by Crippen LogP contribution is -2.29. The zero-order chi connectivity index (χ0) is 9.84. The molecule has 0 aliphatic heterocycles. The van der Waals surface area contributed by atoms with Gasteiger partial charge in [-0.25, -0.2) is 0 Å². The summed E-state index contributed by atoms with van der Waals surface area (Å²) in [5, 5.41) is 5.66. The Hall–Kier alpha value is -0.880. The molecule has 5 nitrogen and oxygen atoms in total. The Labute approximate surface area is 82.8 Å². The molecule has 0 spiro atoms. The maximum absolute atomic E-state index is 4.85. The molecule has 0 fully saturated rings. The van der Waals surface area contributed by atoms with Gasteiger partial charge in [0, 0.05) is 20.1 Å². The number of hydrogen-bond donors (Lipinski definition) is 2. The standard InChI is InChI=1S/C7H15N5S/c1-11(2)4-5-12(3)6-8-7(13)10-9-6/h4-5H2,1-3H3,(H2,8,9,10,13). The molecule has 0 aromatic carbocycles. The first-order valence-electron chi connectivity index (χ1n) is 4.10. The number of H-pyrrole nitrogens is 2. The van der Waals surface area contributed by atoms with Gasteiger partial charge in [-0.2, -0.15) is 4.98 Å². The molecular weight excluding hydrogens is 186 g/mol. The van der Waals surface area contributed by atoms with Crippen molar-refractivity contribution in [3.8, 4) is 0 Å². The average molecular weight is 201 g/mol. The smallest absolute Gasteiger partial charge is 0.220 e. The maximum Gasteiger partial charge on any atom is 0.220 e. The quantitative estimate of drug-likeness (QED) is 0.695. The summed E-state index contributed by atoms with van der Waals surface area (Å²) in [6.07, 6.45) is 0. The second-order valence-corrected chi connectivity index (χ2v) is 3.60. The lowest BCUT2D eigenvalue weighted by Gasteiger charge is -2.17. The Bertz CT molecular complexity index is 302. The van der Waals surface area contributed by atoms with Crippen molar-refractivity contribution in [1.29, 1.82) is 0 Å². The lowest BCUT2D eigenvalue weighted by molar-refractivity contribution is 0.415. The molecule has 2 N–H and O–H groups in total. The zero-order valence-corrected chi connectivity index (χ0v) is 8.98. The fraction of sp³-hybridized carbons (Fsp3) is 0.714. The normalized spacial score (nSPS) is 10.8. The number of aromatic amines is 2. The van der Waals surface area contributed by atoms with E-state index in [9.17, 15) is 0 Å². The molecular formula is C7H15N5S. The number of likely N-dealkylation sites (N-methyl/N-ethyl adjacent to an activating group) is 2. The topological polar surface area (TPSA) is 50.9 Å². The van der Waals surface area contributed by atoms with E-state index >= 15 is 0 Å². The van der Waals surface area contributed by atoms with Crippen LogP contribution in [0.2, 0.25) is 0 Å². The van der Waals surface area contributed by atoms with E-state index in [1.165, 1.54) is 0 Å². The van der Waals surface area contributed by atoms with Crippen LogP contribution in [-0.2, 0) is 0 Å². The van der Waals surface area contributed by atoms with Gasteiger partial charge in [0.1, 0.15) is 0 Å². The molecule has 0 amide bonds. The molecule has 6 heteroatoms. The van der Waals surface area contributed by atoms with Crippen molar-refractivity contribution < 1.29 is 0 Å². The van der Waals surface area contributed by atoms with E-state index in [0.717, 1.165) is 19.0 Å². The van der Waals surface area contributed by atoms with Crippen LogP contribution in [-0.4, -0.2) is 54.3 Å². The highest BCUT2D eigenvalue weighted by molar-refractivity contribution is 7.71. The van der Waals surface area contributed by atoms with Crippen LogP contribution in [0.4, 0.5) is 5.95 Å². The number of nitrogens with one attached hydrogen (secondary N) is 2. The van der Waals surface area contributed by atoms with Crippen LogP contribution in [0, 0.1) is 4.77 Å². The molecule has 1 aromatic rings. The van der Waals surface area contributed by atoms with E-state index in [1.807, 2.05) is 26.0 Å². The van der Waals surface area contributed by atoms with Crippen molar-refractivity contribution in [3.63, 3.8) is 0 Å². The van der Waals surface area contributed by atoms with Crippen molar-refractivity contribution >= 4 is 18.2 Å². The van der Waals surface area contributed by atoms with Gasteiger partial charge < -0.3 is 9.80 Å². The molecule has 13 heavy (non-hydrogen) atoms. The number of hydrogen-bond acceptors (Lipinski definition) is 4. The molecule has 0 atom stereocenters. The predicted octanol–water partition coefficient (Wildman–Crippen LogP) is 0.465. The highest BCUT2D eigenvalue weighted by Crippen LogP contribution is 2.00. The van der Waals surface area contributed by atoms with Gasteiger partial charge in [-0.3, -0.25) is 10.2 Å². The van der Waals surface area contributed by atoms with Crippen molar-refractivity contribution in [2.75, 3.05) is 39.1 Å². The average Bonchev–Trinajstić information content (AvgIpc) is 2.47. The zero-order valence-electron chi connectivity index (χ0n) is 8.16. The molecule has 0 aliphatic rings. The Morgan fingerprint density at radius 1 is 1.23 bits per heavy atom. The Balaban J connectivity index is 2.48. The molecule has 0 aliphatic carbocycles. The van der Waals surface area contributed by atoms with Gasteiger partial charge in [-0.15, -0.1) is 0 Å². The van der Waals surface area contributed by atoms with Crippen LogP contribution >= 0.6 is 12.2 Å². The highest BCUT2D eigenvalue weighted by atomic mass is 32.1. The monoisotopic (exact) mass is 201 g/mol. The van der Waals surface area contributed by atoms with E-state index in [1.54, 1.807) is 0 Å². The Morgan fingerprint density at radius 3 is 2.38 bits per heavy atom. The van der Waals surface area contributed by atoms with Gasteiger partial charge >= 0.3 is 0 Å². The van der Waals surface area contributed by atoms with Crippen LogP contribution in [0.1, 0.15) is 0 Å². The van der Waals surface area contributed by atoms with Gasteiger partial charge in [0.15, 0.2) is 0 Å². The summed E-state index contributed by atoms with van der Waals surface area (Å²) in [5.41, 5.74) is 0. The molecule has 0 saturated carbocycles. The largest absolute Gasteiger partial charge is 0.343 e. The van der Waals surface area contributed by atoms with E-state index < -0.39 is 0 Å². The fourth-order valence-electron chi connectivity index (χ4n) is 0.898. The number of rotatable bonds is 4. The number of aromatic nitrogens is 3. The van der Waals surface area contributed by atoms with Gasteiger partial charge in [-0.05, 0) is 26.3 Å². The maximum atomic E-state index is 4.85. The Morgan fingerprint density at radius 2 is 1.92 bits per heavy atom. The summed E-state index contributed by atoms with van der Waals surface area (Å²) in [6, 6.07) is 0. The second-order valence-electron chi connectivity index (χ2n) is 3.22. The molecule has 74 valence electrons. The summed E-state index contributed by atoms with van der Waals surface area (Å²) in [4.78, 5) is 8.24. The van der Waals surface area contributed by atoms with E-state index in [-0.39, 0.29) is 0 Å². The minimum absolute atomic E-state index is 0.492. The van der Waals surface area contributed by atoms with Crippen LogP contribution in [0.5, 0.6) is 0 Å². The van der Waals surface area contributed by atoms with Crippen LogP contribution in [0.15, 0.2) is 0 Å². The van der Waals surface area contributed by atoms with Crippen LogP contribution in [0.3, 0.4) is 0 Å². The number of anilines is 1. The molecule has 1 rings (SSSR count). The molecule has 0 radical (unpaired) electrons. The minimum Gasteiger partial charge on any atom is -0.343 e. The van der Waals surface area contributed by atoms with Gasteiger partial charge in [0.05, 0.1) is 0 Å². The third-order valence-corrected chi connectivity index (χ3v) is 1.93. The van der Waals surface area contributed by atoms with Crippen molar-refractivity contribution in [1.82, 2.24) is 20.1 Å². The van der Waals surface area contributed by atoms with Gasteiger partial charge in [-0.1, -0.05) is 0 Å². The summed E-state index contributed by atoms with van der Waals surface area (Å²) < 4.78 is 0.492. The molecule has 0 bridgehead atoms. The first kappa shape index (κ1) is 10.2. The van der Waals surface area contributed by atoms with Crippen LogP contribution in [0.25, 0.3) is 0 Å². The first-order chi connectivity index (χ1) is 6.09. The molecule has 0 saturated heterocycles. The van der Waals surface area contributed by atoms with E-state index in [2.05, 4.69) is 20.1 Å². The van der Waals surface area contributed by atoms with Crippen molar-refractivity contribution in [2.24, 2.45) is 0 Å². The minimum atomic E-state index is 0.492. The molecule has 0 unspecified atom stereocenters. The Kier molecular flexibility index (Phi) is 3.44. The summed E-state index contributed by atoms with van der Waals surface area (Å²) >= 11 is 4.85. The predicted molar refractivity (Wildman–Crippen MR) is 55.6 cm³/mol. The van der Waals surface area contributed by atoms with Crippen molar-refractivity contribution in [3.05, 3.63) is 4.77 Å². The molecule has 1 aromatic heterocycles. The lowest BCUT2D eigenvalue weighted by atomic mass is 10.5. The molecule has 1 heterocycles. The number of nitrogens with zero attached hydrogens (tertiary/aromatic N) is 3. The fourth-order valence-corrected chi connectivity index (χ4v) is 1.04. The first-order valence-corrected chi connectivity index (χ1v) is 4.51.